The van der Waals surface area contributed by atoms with Gasteiger partial charge in [0.05, 0.1) is 0 Å². The van der Waals surface area contributed by atoms with E-state index in [4.69, 9.17) is 4.55 Å². The van der Waals surface area contributed by atoms with Crippen LogP contribution in [0.15, 0.2) is 0 Å². The number of rotatable bonds is 4. The van der Waals surface area contributed by atoms with Crippen LogP contribution in [0.5, 0.6) is 0 Å². The molecule has 0 spiro atoms. The summed E-state index contributed by atoms with van der Waals surface area (Å²) in [5, 5.41) is 0. The molecule has 3 N–H and O–H groups in total. The molecule has 1 atom stereocenters. The molecule has 0 aliphatic rings. The number of hydrogen-bond acceptors (Lipinski definition) is 3. The van der Waals surface area contributed by atoms with Gasteiger partial charge in [0, 0.05) is 0 Å². The van der Waals surface area contributed by atoms with Crippen molar-refractivity contribution in [3.8, 4) is 0 Å². The molecule has 0 aromatic carbocycles. The van der Waals surface area contributed by atoms with Gasteiger partial charge in [-0.2, -0.15) is 4.94 Å². The molecule has 0 aromatic rings. The minimum absolute atomic E-state index is 0.208. The van der Waals surface area contributed by atoms with Crippen LogP contribution in [0.3, 0.4) is 0 Å². The molecule has 1 amide bonds. The zero-order valence-corrected chi connectivity index (χ0v) is 4.47. The molecule has 6 nitrogen and oxygen atoms in total. The molecule has 0 rings (SSSR count). The fourth-order valence-corrected chi connectivity index (χ4v) is 0.203. The van der Waals surface area contributed by atoms with Crippen LogP contribution in [0.25, 0.3) is 0 Å². The van der Waals surface area contributed by atoms with Gasteiger partial charge in [0.2, 0.25) is 6.41 Å². The summed E-state index contributed by atoms with van der Waals surface area (Å²) in [5.41, 5.74) is 1.63. The first-order valence-electron chi connectivity index (χ1n) is 1.49. The van der Waals surface area contributed by atoms with Gasteiger partial charge in [0.15, 0.2) is 0 Å². The Labute approximate surface area is 47.5 Å². The molecule has 0 saturated heterocycles. The van der Waals surface area contributed by atoms with E-state index in [0.717, 1.165) is 0 Å². The maximum atomic E-state index is 9.59. The lowest BCUT2D eigenvalue weighted by Gasteiger charge is -1.93. The standard InChI is InChI=1S/CH4N2O4S/c4-1-2-7-3-8(5)6/h1,3H,(H,2,4)(H,5,6). The molecule has 7 heteroatoms. The second-order valence-corrected chi connectivity index (χ2v) is 1.34. The van der Waals surface area contributed by atoms with Gasteiger partial charge in [-0.05, 0) is 0 Å². The van der Waals surface area contributed by atoms with Crippen molar-refractivity contribution in [3.05, 3.63) is 0 Å². The van der Waals surface area contributed by atoms with E-state index < -0.39 is 11.3 Å². The summed E-state index contributed by atoms with van der Waals surface area (Å²) in [4.78, 5) is 14.7. The normalized spacial score (nSPS) is 12.6. The molecule has 0 heterocycles. The summed E-state index contributed by atoms with van der Waals surface area (Å²) in [5.74, 6) is 0. The summed E-state index contributed by atoms with van der Waals surface area (Å²) in [6.45, 7) is 0. The van der Waals surface area contributed by atoms with Crippen molar-refractivity contribution in [1.29, 1.82) is 0 Å². The van der Waals surface area contributed by atoms with Crippen LogP contribution in [0.1, 0.15) is 0 Å². The number of nitrogens with one attached hydrogen (secondary N) is 2. The first-order valence-corrected chi connectivity index (χ1v) is 2.59. The number of amides is 1. The van der Waals surface area contributed by atoms with Crippen LogP contribution in [0.2, 0.25) is 0 Å². The maximum Gasteiger partial charge on any atom is 0.258 e. The number of hydroxylamine groups is 1. The Morgan fingerprint density at radius 2 is 2.38 bits per heavy atom. The van der Waals surface area contributed by atoms with Gasteiger partial charge in [-0.1, -0.05) is 4.89 Å². The highest BCUT2D eigenvalue weighted by molar-refractivity contribution is 7.76. The average Bonchev–Trinajstić information content (AvgIpc) is 1.66. The third-order valence-corrected chi connectivity index (χ3v) is 0.446. The molecule has 0 fully saturated rings. The van der Waals surface area contributed by atoms with Gasteiger partial charge >= 0.3 is 0 Å². The Balaban J connectivity index is 2.93. The quantitative estimate of drug-likeness (QED) is 0.188. The van der Waals surface area contributed by atoms with E-state index in [1.165, 1.54) is 4.89 Å². The largest absolute Gasteiger partial charge is 0.292 e. The first kappa shape index (κ1) is 7.50. The second kappa shape index (κ2) is 4.65. The maximum absolute atomic E-state index is 9.59. The zero-order valence-electron chi connectivity index (χ0n) is 3.66. The van der Waals surface area contributed by atoms with Crippen molar-refractivity contribution < 1.29 is 18.5 Å². The van der Waals surface area contributed by atoms with Crippen molar-refractivity contribution in [2.75, 3.05) is 0 Å². The third-order valence-electron chi connectivity index (χ3n) is 0.220. The monoisotopic (exact) mass is 140 g/mol. The van der Waals surface area contributed by atoms with Crippen molar-refractivity contribution in [2.45, 2.75) is 0 Å². The van der Waals surface area contributed by atoms with E-state index in [-0.39, 0.29) is 6.41 Å². The van der Waals surface area contributed by atoms with Gasteiger partial charge in [0.25, 0.3) is 11.3 Å². The molecule has 1 unspecified atom stereocenters. The number of carbonyl (C=O) groups excluding carboxylic acids is 1. The Kier molecular flexibility index (Phi) is 4.36. The van der Waals surface area contributed by atoms with E-state index in [1.54, 1.807) is 5.48 Å². The predicted octanol–water partition coefficient (Wildman–Crippen LogP) is -1.69. The fourth-order valence-electron chi connectivity index (χ4n) is 0.0838. The molecule has 0 aromatic heterocycles. The van der Waals surface area contributed by atoms with E-state index in [9.17, 15) is 9.00 Å². The molecule has 0 aliphatic carbocycles. The van der Waals surface area contributed by atoms with Crippen LogP contribution < -0.4 is 10.4 Å². The van der Waals surface area contributed by atoms with Crippen molar-refractivity contribution in [2.24, 2.45) is 0 Å². The zero-order chi connectivity index (χ0) is 6.41. The van der Waals surface area contributed by atoms with Gasteiger partial charge < -0.3 is 0 Å². The van der Waals surface area contributed by atoms with Gasteiger partial charge in [0.1, 0.15) is 0 Å². The SMILES string of the molecule is O=CNONS(=O)O. The number of carbonyl (C=O) groups is 1. The van der Waals surface area contributed by atoms with E-state index in [1.807, 2.05) is 0 Å². The molecule has 0 radical (unpaired) electrons. The van der Waals surface area contributed by atoms with Crippen LogP contribution >= 0.6 is 0 Å². The molecular formula is CH4N2O4S. The van der Waals surface area contributed by atoms with Gasteiger partial charge in [-0.3, -0.25) is 9.35 Å². The first-order chi connectivity index (χ1) is 3.77. The Bertz CT molecular complexity index is 94.0. The Hall–Kier alpha value is -0.500. The summed E-state index contributed by atoms with van der Waals surface area (Å²) in [6, 6.07) is 0. The molecule has 8 heavy (non-hydrogen) atoms. The molecule has 48 valence electrons. The Morgan fingerprint density at radius 1 is 1.75 bits per heavy atom. The van der Waals surface area contributed by atoms with Gasteiger partial charge in [-0.15, -0.1) is 0 Å². The summed E-state index contributed by atoms with van der Waals surface area (Å²) in [6.07, 6.45) is 0.208. The van der Waals surface area contributed by atoms with Gasteiger partial charge in [-0.25, -0.2) is 9.69 Å². The van der Waals surface area contributed by atoms with Crippen LogP contribution in [-0.4, -0.2) is 15.2 Å². The summed E-state index contributed by atoms with van der Waals surface area (Å²) in [7, 11) is 0. The molecule has 0 bridgehead atoms. The average molecular weight is 140 g/mol. The topological polar surface area (TPSA) is 87.7 Å². The minimum atomic E-state index is -2.26. The van der Waals surface area contributed by atoms with Crippen LogP contribution in [0.4, 0.5) is 0 Å². The lowest BCUT2D eigenvalue weighted by atomic mass is 11.5. The summed E-state index contributed by atoms with van der Waals surface area (Å²) >= 11 is -2.26. The lowest BCUT2D eigenvalue weighted by Crippen LogP contribution is -2.25. The Morgan fingerprint density at radius 3 is 2.75 bits per heavy atom. The third kappa shape index (κ3) is 5.50. The molecule has 0 saturated carbocycles. The molecular weight excluding hydrogens is 136 g/mol. The smallest absolute Gasteiger partial charge is 0.258 e. The van der Waals surface area contributed by atoms with E-state index in [2.05, 4.69) is 4.94 Å². The fraction of sp³-hybridized carbons (Fsp3) is 0. The number of hydrogen-bond donors (Lipinski definition) is 3. The predicted molar refractivity (Wildman–Crippen MR) is 24.2 cm³/mol. The minimum Gasteiger partial charge on any atom is -0.292 e. The highest BCUT2D eigenvalue weighted by Gasteiger charge is 1.85. The van der Waals surface area contributed by atoms with Crippen LogP contribution in [0, 0.1) is 0 Å². The van der Waals surface area contributed by atoms with E-state index in [0.29, 0.717) is 0 Å². The van der Waals surface area contributed by atoms with Crippen LogP contribution in [-0.2, 0) is 21.0 Å². The van der Waals surface area contributed by atoms with Crippen molar-refractivity contribution in [3.63, 3.8) is 0 Å². The van der Waals surface area contributed by atoms with Crippen molar-refractivity contribution >= 4 is 17.7 Å². The highest BCUT2D eigenvalue weighted by atomic mass is 32.2. The second-order valence-electron chi connectivity index (χ2n) is 0.670. The van der Waals surface area contributed by atoms with E-state index >= 15 is 0 Å². The van der Waals surface area contributed by atoms with Crippen molar-refractivity contribution in [1.82, 2.24) is 10.4 Å². The lowest BCUT2D eigenvalue weighted by molar-refractivity contribution is -0.123. The molecule has 0 aliphatic heterocycles. The highest BCUT2D eigenvalue weighted by Crippen LogP contribution is 1.57. The summed E-state index contributed by atoms with van der Waals surface area (Å²) < 4.78 is 17.5.